The third-order valence-electron chi connectivity index (χ3n) is 4.43. The van der Waals surface area contributed by atoms with Gasteiger partial charge in [-0.05, 0) is 36.4 Å². The van der Waals surface area contributed by atoms with Crippen molar-refractivity contribution >= 4 is 16.7 Å². The summed E-state index contributed by atoms with van der Waals surface area (Å²) < 4.78 is 7.83. The number of nitrogens with zero attached hydrogens (tertiary/aromatic N) is 2. The molecule has 0 spiro atoms. The van der Waals surface area contributed by atoms with Crippen LogP contribution in [0.4, 0.5) is 0 Å². The van der Waals surface area contributed by atoms with Crippen LogP contribution in [0, 0.1) is 0 Å². The number of rotatable bonds is 4. The van der Waals surface area contributed by atoms with E-state index in [0.717, 1.165) is 6.08 Å². The van der Waals surface area contributed by atoms with Crippen LogP contribution in [-0.2, 0) is 4.79 Å². The lowest BCUT2D eigenvalue weighted by molar-refractivity contribution is -0.128. The van der Waals surface area contributed by atoms with Gasteiger partial charge in [-0.15, -0.1) is 0 Å². The van der Waals surface area contributed by atoms with E-state index in [4.69, 9.17) is 4.74 Å². The molecule has 3 aromatic carbocycles. The molecule has 1 heterocycles. The summed E-state index contributed by atoms with van der Waals surface area (Å²) in [4.78, 5) is 38.7. The maximum atomic E-state index is 13.6. The molecule has 142 valence electrons. The SMILES string of the molecule is C=CC(=O)Oc1cccc2c(=O)n(-c3ccccc3)n(-c3ccccc3)c(=O)c12. The molecule has 0 radical (unpaired) electrons. The van der Waals surface area contributed by atoms with Crippen molar-refractivity contribution in [3.8, 4) is 17.1 Å². The average molecular weight is 384 g/mol. The van der Waals surface area contributed by atoms with Crippen molar-refractivity contribution < 1.29 is 9.53 Å². The molecule has 29 heavy (non-hydrogen) atoms. The van der Waals surface area contributed by atoms with Crippen molar-refractivity contribution in [2.24, 2.45) is 0 Å². The third kappa shape index (κ3) is 3.17. The van der Waals surface area contributed by atoms with Gasteiger partial charge in [-0.3, -0.25) is 9.59 Å². The summed E-state index contributed by atoms with van der Waals surface area (Å²) in [5.74, 6) is -0.699. The van der Waals surface area contributed by atoms with Crippen molar-refractivity contribution in [2.45, 2.75) is 0 Å². The summed E-state index contributed by atoms with van der Waals surface area (Å²) in [6.45, 7) is 3.37. The number of ether oxygens (including phenoxy) is 1. The van der Waals surface area contributed by atoms with E-state index in [1.54, 1.807) is 60.7 Å². The van der Waals surface area contributed by atoms with Gasteiger partial charge in [-0.1, -0.05) is 49.0 Å². The Kier molecular flexibility index (Phi) is 4.66. The molecule has 0 saturated carbocycles. The lowest BCUT2D eigenvalue weighted by Crippen LogP contribution is -2.37. The second kappa shape index (κ2) is 7.44. The minimum atomic E-state index is -0.713. The average Bonchev–Trinajstić information content (AvgIpc) is 2.77. The molecule has 0 fully saturated rings. The highest BCUT2D eigenvalue weighted by molar-refractivity contribution is 5.91. The first-order valence-electron chi connectivity index (χ1n) is 8.88. The number of carbonyl (C=O) groups excluding carboxylic acids is 1. The smallest absolute Gasteiger partial charge is 0.335 e. The van der Waals surface area contributed by atoms with Crippen molar-refractivity contribution in [2.75, 3.05) is 0 Å². The zero-order valence-corrected chi connectivity index (χ0v) is 15.3. The summed E-state index contributed by atoms with van der Waals surface area (Å²) in [6.07, 6.45) is 1.000. The summed E-state index contributed by atoms with van der Waals surface area (Å²) >= 11 is 0. The zero-order chi connectivity index (χ0) is 20.4. The second-order valence-corrected chi connectivity index (χ2v) is 6.21. The number of hydrogen-bond acceptors (Lipinski definition) is 4. The Labute approximate surface area is 165 Å². The van der Waals surface area contributed by atoms with E-state index in [2.05, 4.69) is 6.58 Å². The molecular weight excluding hydrogens is 368 g/mol. The number of aromatic nitrogens is 2. The van der Waals surface area contributed by atoms with Crippen LogP contribution in [0.3, 0.4) is 0 Å². The maximum absolute atomic E-state index is 13.6. The normalized spacial score (nSPS) is 10.6. The van der Waals surface area contributed by atoms with E-state index in [1.807, 2.05) is 12.1 Å². The molecule has 0 unspecified atom stereocenters. The van der Waals surface area contributed by atoms with Crippen LogP contribution < -0.4 is 15.9 Å². The summed E-state index contributed by atoms with van der Waals surface area (Å²) in [5, 5.41) is 0.184. The van der Waals surface area contributed by atoms with E-state index in [-0.39, 0.29) is 16.5 Å². The first-order chi connectivity index (χ1) is 14.1. The highest BCUT2D eigenvalue weighted by Gasteiger charge is 2.19. The molecule has 6 nitrogen and oxygen atoms in total. The lowest BCUT2D eigenvalue weighted by atomic mass is 10.1. The molecule has 0 bridgehead atoms. The molecule has 4 rings (SSSR count). The van der Waals surface area contributed by atoms with Gasteiger partial charge in [0.25, 0.3) is 11.1 Å². The number of carbonyl (C=O) groups is 1. The molecule has 0 atom stereocenters. The van der Waals surface area contributed by atoms with Crippen molar-refractivity contribution in [3.05, 3.63) is 112 Å². The Morgan fingerprint density at radius 2 is 1.31 bits per heavy atom. The molecule has 0 aliphatic heterocycles. The topological polar surface area (TPSA) is 70.3 Å². The highest BCUT2D eigenvalue weighted by Crippen LogP contribution is 2.22. The molecule has 1 aromatic heterocycles. The van der Waals surface area contributed by atoms with Crippen LogP contribution in [0.2, 0.25) is 0 Å². The molecular formula is C23H16N2O4. The van der Waals surface area contributed by atoms with E-state index in [0.29, 0.717) is 11.4 Å². The monoisotopic (exact) mass is 384 g/mol. The van der Waals surface area contributed by atoms with E-state index >= 15 is 0 Å². The summed E-state index contributed by atoms with van der Waals surface area (Å²) in [7, 11) is 0. The molecule has 0 amide bonds. The third-order valence-corrected chi connectivity index (χ3v) is 4.43. The number of benzene rings is 3. The number of para-hydroxylation sites is 2. The van der Waals surface area contributed by atoms with Gasteiger partial charge >= 0.3 is 5.97 Å². The van der Waals surface area contributed by atoms with Gasteiger partial charge in [-0.25, -0.2) is 14.2 Å². The minimum Gasteiger partial charge on any atom is -0.423 e. The zero-order valence-electron chi connectivity index (χ0n) is 15.3. The first-order valence-corrected chi connectivity index (χ1v) is 8.88. The van der Waals surface area contributed by atoms with Crippen molar-refractivity contribution in [3.63, 3.8) is 0 Å². The second-order valence-electron chi connectivity index (χ2n) is 6.21. The summed E-state index contributed by atoms with van der Waals surface area (Å²) in [5.41, 5.74) is 0.146. The van der Waals surface area contributed by atoms with E-state index < -0.39 is 17.1 Å². The fourth-order valence-electron chi connectivity index (χ4n) is 3.17. The standard InChI is InChI=1S/C23H16N2O4/c1-2-20(26)29-19-15-9-14-18-21(19)23(28)25(17-12-7-4-8-13-17)24(22(18)27)16-10-5-3-6-11-16/h2-15H,1H2. The van der Waals surface area contributed by atoms with E-state index in [9.17, 15) is 14.4 Å². The van der Waals surface area contributed by atoms with Gasteiger partial charge in [0.2, 0.25) is 0 Å². The number of esters is 1. The molecule has 0 aliphatic rings. The van der Waals surface area contributed by atoms with Crippen LogP contribution in [-0.4, -0.2) is 15.3 Å². The fraction of sp³-hybridized carbons (Fsp3) is 0. The molecule has 4 aromatic rings. The Balaban J connectivity index is 2.17. The minimum absolute atomic E-state index is 0.0133. The van der Waals surface area contributed by atoms with Gasteiger partial charge in [0.05, 0.1) is 22.1 Å². The maximum Gasteiger partial charge on any atom is 0.335 e. The number of hydrogen-bond donors (Lipinski definition) is 0. The molecule has 0 N–H and O–H groups in total. The molecule has 6 heteroatoms. The van der Waals surface area contributed by atoms with E-state index in [1.165, 1.54) is 15.4 Å². The highest BCUT2D eigenvalue weighted by atomic mass is 16.5. The van der Waals surface area contributed by atoms with Crippen LogP contribution in [0.1, 0.15) is 0 Å². The van der Waals surface area contributed by atoms with Gasteiger partial charge in [0, 0.05) is 6.08 Å². The van der Waals surface area contributed by atoms with Gasteiger partial charge in [-0.2, -0.15) is 0 Å². The van der Waals surface area contributed by atoms with Gasteiger partial charge in [0.15, 0.2) is 0 Å². The number of fused-ring (bicyclic) bond motifs is 1. The summed E-state index contributed by atoms with van der Waals surface area (Å²) in [6, 6.07) is 22.3. The molecule has 0 aliphatic carbocycles. The van der Waals surface area contributed by atoms with Crippen LogP contribution in [0.25, 0.3) is 22.1 Å². The predicted molar refractivity (Wildman–Crippen MR) is 111 cm³/mol. The van der Waals surface area contributed by atoms with Crippen molar-refractivity contribution in [1.82, 2.24) is 9.36 Å². The van der Waals surface area contributed by atoms with Crippen LogP contribution >= 0.6 is 0 Å². The Morgan fingerprint density at radius 1 is 0.759 bits per heavy atom. The van der Waals surface area contributed by atoms with Gasteiger partial charge < -0.3 is 4.74 Å². The Bertz CT molecular complexity index is 1340. The lowest BCUT2D eigenvalue weighted by Gasteiger charge is -2.17. The quantitative estimate of drug-likeness (QED) is 0.308. The largest absolute Gasteiger partial charge is 0.423 e. The predicted octanol–water partition coefficient (Wildman–Crippen LogP) is 3.23. The Hall–Kier alpha value is -4.19. The Morgan fingerprint density at radius 3 is 1.86 bits per heavy atom. The van der Waals surface area contributed by atoms with Crippen LogP contribution in [0.15, 0.2) is 101 Å². The van der Waals surface area contributed by atoms with Crippen molar-refractivity contribution in [1.29, 1.82) is 0 Å². The fourth-order valence-corrected chi connectivity index (χ4v) is 3.17. The molecule has 0 saturated heterocycles. The van der Waals surface area contributed by atoms with Gasteiger partial charge in [0.1, 0.15) is 5.75 Å². The van der Waals surface area contributed by atoms with Crippen LogP contribution in [0.5, 0.6) is 5.75 Å². The first kappa shape index (κ1) is 18.2.